The number of benzene rings is 1. The van der Waals surface area contributed by atoms with Crippen LogP contribution in [0.1, 0.15) is 13.8 Å². The summed E-state index contributed by atoms with van der Waals surface area (Å²) < 4.78 is 74.4. The molecule has 0 saturated heterocycles. The topological polar surface area (TPSA) is 66.4 Å². The Morgan fingerprint density at radius 1 is 1.15 bits per heavy atom. The summed E-state index contributed by atoms with van der Waals surface area (Å²) in [6, 6.07) is 3.74. The average Bonchev–Trinajstić information content (AvgIpc) is 2.23. The van der Waals surface area contributed by atoms with Crippen LogP contribution < -0.4 is 34.3 Å². The van der Waals surface area contributed by atoms with Gasteiger partial charge in [0.1, 0.15) is 15.9 Å². The van der Waals surface area contributed by atoms with E-state index in [-0.39, 0.29) is 40.9 Å². The molecule has 0 N–H and O–H groups in total. The molecule has 1 aromatic rings. The zero-order valence-electron chi connectivity index (χ0n) is 11.0. The number of hydrogen-bond donors (Lipinski definition) is 0. The van der Waals surface area contributed by atoms with Crippen LogP contribution in [0.2, 0.25) is 0 Å². The quantitative estimate of drug-likeness (QED) is 0.441. The second kappa shape index (κ2) is 6.95. The van der Waals surface area contributed by atoms with Gasteiger partial charge in [0.25, 0.3) is 0 Å². The predicted octanol–water partition coefficient (Wildman–Crippen LogP) is -0.170. The fourth-order valence-corrected chi connectivity index (χ4v) is 1.71. The van der Waals surface area contributed by atoms with Crippen LogP contribution in [0.5, 0.6) is 5.75 Å². The summed E-state index contributed by atoms with van der Waals surface area (Å²) in [5.41, 5.74) is -0.0759. The SMILES string of the molecule is CC(C)=C(Oc1ccc(S(=O)(=O)[O-])cc1)C(F)(F)F.[Na+]. The minimum atomic E-state index is -4.65. The first kappa shape index (κ1) is 19.5. The minimum absolute atomic E-state index is 0. The van der Waals surface area contributed by atoms with Gasteiger partial charge in [-0.15, -0.1) is 0 Å². The summed E-state index contributed by atoms with van der Waals surface area (Å²) in [6.07, 6.45) is -4.65. The van der Waals surface area contributed by atoms with Crippen molar-refractivity contribution in [2.75, 3.05) is 0 Å². The van der Waals surface area contributed by atoms with Crippen LogP contribution in [-0.2, 0) is 10.1 Å². The molecule has 0 atom stereocenters. The molecule has 4 nitrogen and oxygen atoms in total. The number of hydrogen-bond acceptors (Lipinski definition) is 4. The molecule has 0 heterocycles. The molecular formula is C11H10F3NaO4S. The molecule has 106 valence electrons. The first-order chi connectivity index (χ1) is 8.51. The zero-order valence-corrected chi connectivity index (χ0v) is 13.8. The Bertz CT molecular complexity index is 587. The van der Waals surface area contributed by atoms with E-state index in [0.29, 0.717) is 0 Å². The number of allylic oxidation sites excluding steroid dienone is 2. The summed E-state index contributed by atoms with van der Waals surface area (Å²) in [6.45, 7) is 2.47. The third kappa shape index (κ3) is 5.45. The molecule has 0 unspecified atom stereocenters. The minimum Gasteiger partial charge on any atom is -0.744 e. The van der Waals surface area contributed by atoms with Gasteiger partial charge in [0, 0.05) is 0 Å². The Morgan fingerprint density at radius 3 is 1.90 bits per heavy atom. The standard InChI is InChI=1S/C11H11F3O4S.Na/c1-7(2)10(11(12,13)14)18-8-3-5-9(6-4-8)19(15,16)17;/h3-6H,1-2H3,(H,15,16,17);/q;+1/p-1. The summed E-state index contributed by atoms with van der Waals surface area (Å²) >= 11 is 0. The number of alkyl halides is 3. The van der Waals surface area contributed by atoms with Crippen LogP contribution in [0.3, 0.4) is 0 Å². The normalized spacial score (nSPS) is 11.5. The first-order valence-electron chi connectivity index (χ1n) is 5.00. The molecule has 0 saturated carbocycles. The number of ether oxygens (including phenoxy) is 1. The van der Waals surface area contributed by atoms with Crippen molar-refractivity contribution in [3.05, 3.63) is 35.6 Å². The third-order valence-corrected chi connectivity index (χ3v) is 2.89. The van der Waals surface area contributed by atoms with Crippen molar-refractivity contribution < 1.29 is 60.4 Å². The fourth-order valence-electron chi connectivity index (χ4n) is 1.24. The van der Waals surface area contributed by atoms with Crippen molar-refractivity contribution in [3.8, 4) is 5.75 Å². The van der Waals surface area contributed by atoms with E-state index in [9.17, 15) is 26.1 Å². The smallest absolute Gasteiger partial charge is 0.744 e. The molecule has 0 spiro atoms. The van der Waals surface area contributed by atoms with Gasteiger partial charge in [-0.25, -0.2) is 8.42 Å². The second-order valence-corrected chi connectivity index (χ2v) is 5.23. The van der Waals surface area contributed by atoms with Crippen LogP contribution in [0, 0.1) is 0 Å². The van der Waals surface area contributed by atoms with Crippen molar-refractivity contribution >= 4 is 10.1 Å². The first-order valence-corrected chi connectivity index (χ1v) is 6.41. The number of halogens is 3. The van der Waals surface area contributed by atoms with E-state index >= 15 is 0 Å². The molecule has 1 rings (SSSR count). The Labute approximate surface area is 136 Å². The van der Waals surface area contributed by atoms with Crippen LogP contribution in [-0.4, -0.2) is 19.1 Å². The van der Waals surface area contributed by atoms with Crippen molar-refractivity contribution in [1.29, 1.82) is 0 Å². The zero-order chi connectivity index (χ0) is 14.8. The summed E-state index contributed by atoms with van der Waals surface area (Å²) in [7, 11) is -4.63. The van der Waals surface area contributed by atoms with Gasteiger partial charge < -0.3 is 9.29 Å². The molecule has 0 aromatic heterocycles. The van der Waals surface area contributed by atoms with Crippen molar-refractivity contribution in [3.63, 3.8) is 0 Å². The third-order valence-electron chi connectivity index (χ3n) is 2.04. The maximum absolute atomic E-state index is 12.6. The van der Waals surface area contributed by atoms with E-state index in [1.165, 1.54) is 13.8 Å². The van der Waals surface area contributed by atoms with Crippen molar-refractivity contribution in [2.24, 2.45) is 0 Å². The van der Waals surface area contributed by atoms with E-state index in [2.05, 4.69) is 4.74 Å². The Kier molecular flexibility index (Phi) is 6.76. The monoisotopic (exact) mass is 318 g/mol. The van der Waals surface area contributed by atoms with Crippen LogP contribution in [0.25, 0.3) is 0 Å². The summed E-state index contributed by atoms with van der Waals surface area (Å²) in [4.78, 5) is -0.536. The molecule has 1 aromatic carbocycles. The summed E-state index contributed by atoms with van der Waals surface area (Å²) in [5, 5.41) is 0. The van der Waals surface area contributed by atoms with E-state index in [0.717, 1.165) is 24.3 Å². The van der Waals surface area contributed by atoms with Gasteiger partial charge in [-0.3, -0.25) is 0 Å². The van der Waals surface area contributed by atoms with Crippen molar-refractivity contribution in [1.82, 2.24) is 0 Å². The average molecular weight is 318 g/mol. The number of rotatable bonds is 3. The molecule has 0 amide bonds. The molecule has 0 aliphatic rings. The molecular weight excluding hydrogens is 308 g/mol. The van der Waals surface area contributed by atoms with Gasteiger partial charge >= 0.3 is 35.7 Å². The molecule has 20 heavy (non-hydrogen) atoms. The van der Waals surface area contributed by atoms with Crippen LogP contribution >= 0.6 is 0 Å². The van der Waals surface area contributed by atoms with Gasteiger partial charge in [-0.05, 0) is 43.7 Å². The largest absolute Gasteiger partial charge is 1.00 e. The van der Waals surface area contributed by atoms with Gasteiger partial charge in [-0.1, -0.05) is 0 Å². The fraction of sp³-hybridized carbons (Fsp3) is 0.273. The van der Waals surface area contributed by atoms with Gasteiger partial charge in [-0.2, -0.15) is 13.2 Å². The second-order valence-electron chi connectivity index (χ2n) is 3.85. The van der Waals surface area contributed by atoms with E-state index < -0.39 is 26.9 Å². The molecule has 0 aliphatic carbocycles. The molecule has 0 aliphatic heterocycles. The maximum Gasteiger partial charge on any atom is 1.00 e. The molecule has 9 heteroatoms. The molecule has 0 radical (unpaired) electrons. The van der Waals surface area contributed by atoms with Gasteiger partial charge in [0.2, 0.25) is 5.76 Å². The van der Waals surface area contributed by atoms with Gasteiger partial charge in [0.05, 0.1) is 4.90 Å². The van der Waals surface area contributed by atoms with E-state index in [1.807, 2.05) is 0 Å². The predicted molar refractivity (Wildman–Crippen MR) is 59.5 cm³/mol. The van der Waals surface area contributed by atoms with E-state index in [4.69, 9.17) is 0 Å². The van der Waals surface area contributed by atoms with Gasteiger partial charge in [0.15, 0.2) is 0 Å². The van der Waals surface area contributed by atoms with E-state index in [1.54, 1.807) is 0 Å². The van der Waals surface area contributed by atoms with Crippen molar-refractivity contribution in [2.45, 2.75) is 24.9 Å². The molecule has 0 fully saturated rings. The Hall–Kier alpha value is -0.540. The Morgan fingerprint density at radius 2 is 1.60 bits per heavy atom. The summed E-state index contributed by atoms with van der Waals surface area (Å²) in [5.74, 6) is -1.38. The molecule has 0 bridgehead atoms. The maximum atomic E-state index is 12.6. The Balaban J connectivity index is 0.00000361. The van der Waals surface area contributed by atoms with Crippen LogP contribution in [0.4, 0.5) is 13.2 Å². The van der Waals surface area contributed by atoms with Crippen LogP contribution in [0.15, 0.2) is 40.5 Å².